The van der Waals surface area contributed by atoms with E-state index in [-0.39, 0.29) is 23.6 Å². The van der Waals surface area contributed by atoms with Crippen molar-refractivity contribution in [3.63, 3.8) is 0 Å². The molecule has 2 heterocycles. The first kappa shape index (κ1) is 16.1. The van der Waals surface area contributed by atoms with E-state index in [2.05, 4.69) is 5.32 Å². The van der Waals surface area contributed by atoms with Crippen LogP contribution in [0.2, 0.25) is 0 Å². The summed E-state index contributed by atoms with van der Waals surface area (Å²) in [6.07, 6.45) is 3.65. The summed E-state index contributed by atoms with van der Waals surface area (Å²) in [5.41, 5.74) is 2.95. The fraction of sp³-hybridized carbons (Fsp3) is 0.526. The zero-order chi connectivity index (χ0) is 17.4. The van der Waals surface area contributed by atoms with E-state index in [9.17, 15) is 14.4 Å². The van der Waals surface area contributed by atoms with Gasteiger partial charge in [0.2, 0.25) is 17.7 Å². The fourth-order valence-electron chi connectivity index (χ4n) is 3.60. The Morgan fingerprint density at radius 2 is 1.76 bits per heavy atom. The van der Waals surface area contributed by atoms with Gasteiger partial charge in [-0.05, 0) is 36.5 Å². The second kappa shape index (κ2) is 6.50. The average Bonchev–Trinajstić information content (AvgIpc) is 3.46. The normalized spacial score (nSPS) is 20.1. The molecule has 6 nitrogen and oxygen atoms in total. The van der Waals surface area contributed by atoms with E-state index < -0.39 is 0 Å². The molecule has 0 spiro atoms. The van der Waals surface area contributed by atoms with Crippen molar-refractivity contribution < 1.29 is 14.4 Å². The molecule has 1 saturated heterocycles. The maximum Gasteiger partial charge on any atom is 0.227 e. The van der Waals surface area contributed by atoms with E-state index in [1.807, 2.05) is 28.0 Å². The number of benzene rings is 1. The number of piperazine rings is 1. The molecule has 2 fully saturated rings. The lowest BCUT2D eigenvalue weighted by Gasteiger charge is -2.35. The van der Waals surface area contributed by atoms with Crippen LogP contribution < -0.4 is 5.32 Å². The molecule has 6 heteroatoms. The van der Waals surface area contributed by atoms with Crippen molar-refractivity contribution in [2.75, 3.05) is 31.5 Å². The van der Waals surface area contributed by atoms with E-state index in [0.29, 0.717) is 39.0 Å². The smallest absolute Gasteiger partial charge is 0.227 e. The highest BCUT2D eigenvalue weighted by Crippen LogP contribution is 2.31. The Morgan fingerprint density at radius 3 is 2.48 bits per heavy atom. The SMILES string of the molecule is O=C1CCc2cc(CC(=O)N3CCN(C(=O)C4CC4)CC3)ccc2N1. The molecule has 1 saturated carbocycles. The number of carbonyl (C=O) groups is 3. The number of anilines is 1. The van der Waals surface area contributed by atoms with E-state index >= 15 is 0 Å². The fourth-order valence-corrected chi connectivity index (χ4v) is 3.60. The third-order valence-electron chi connectivity index (χ3n) is 5.29. The first-order valence-corrected chi connectivity index (χ1v) is 9.08. The van der Waals surface area contributed by atoms with Crippen LogP contribution in [0.3, 0.4) is 0 Å². The Kier molecular flexibility index (Phi) is 4.19. The third-order valence-corrected chi connectivity index (χ3v) is 5.29. The third kappa shape index (κ3) is 3.52. The molecule has 1 aliphatic carbocycles. The molecule has 1 aromatic rings. The van der Waals surface area contributed by atoms with Crippen molar-refractivity contribution in [3.8, 4) is 0 Å². The second-order valence-corrected chi connectivity index (χ2v) is 7.20. The van der Waals surface area contributed by atoms with Crippen LogP contribution in [0.25, 0.3) is 0 Å². The van der Waals surface area contributed by atoms with Gasteiger partial charge >= 0.3 is 0 Å². The molecule has 0 aromatic heterocycles. The van der Waals surface area contributed by atoms with Gasteiger partial charge in [0.25, 0.3) is 0 Å². The molecule has 1 N–H and O–H groups in total. The minimum atomic E-state index is 0.0509. The molecule has 25 heavy (non-hydrogen) atoms. The van der Waals surface area contributed by atoms with Gasteiger partial charge in [-0.1, -0.05) is 12.1 Å². The standard InChI is InChI=1S/C19H23N3O3/c23-17-6-4-15-11-13(1-5-16(15)20-17)12-18(24)21-7-9-22(10-8-21)19(25)14-2-3-14/h1,5,11,14H,2-4,6-10,12H2,(H,20,23). The summed E-state index contributed by atoms with van der Waals surface area (Å²) in [6.45, 7) is 2.55. The summed E-state index contributed by atoms with van der Waals surface area (Å²) >= 11 is 0. The minimum absolute atomic E-state index is 0.0509. The molecule has 132 valence electrons. The molecule has 0 atom stereocenters. The van der Waals surface area contributed by atoms with Gasteiger partial charge in [-0.15, -0.1) is 0 Å². The highest BCUT2D eigenvalue weighted by Gasteiger charge is 2.35. The highest BCUT2D eigenvalue weighted by molar-refractivity contribution is 5.94. The number of nitrogens with one attached hydrogen (secondary N) is 1. The van der Waals surface area contributed by atoms with Gasteiger partial charge in [-0.25, -0.2) is 0 Å². The van der Waals surface area contributed by atoms with E-state index in [1.165, 1.54) is 0 Å². The van der Waals surface area contributed by atoms with Crippen LogP contribution in [0.15, 0.2) is 18.2 Å². The Morgan fingerprint density at radius 1 is 1.04 bits per heavy atom. The molecule has 0 unspecified atom stereocenters. The molecular formula is C19H23N3O3. The van der Waals surface area contributed by atoms with Crippen LogP contribution in [-0.4, -0.2) is 53.7 Å². The lowest BCUT2D eigenvalue weighted by molar-refractivity contribution is -0.140. The molecule has 0 bridgehead atoms. The maximum atomic E-state index is 12.6. The predicted octanol–water partition coefficient (Wildman–Crippen LogP) is 1.19. The number of hydrogen-bond acceptors (Lipinski definition) is 3. The number of aryl methyl sites for hydroxylation is 1. The molecule has 2 aliphatic heterocycles. The lowest BCUT2D eigenvalue weighted by Crippen LogP contribution is -2.51. The lowest BCUT2D eigenvalue weighted by atomic mass is 9.99. The van der Waals surface area contributed by atoms with Gasteiger partial charge in [0.1, 0.15) is 0 Å². The van der Waals surface area contributed by atoms with Crippen molar-refractivity contribution in [2.45, 2.75) is 32.1 Å². The Labute approximate surface area is 147 Å². The second-order valence-electron chi connectivity index (χ2n) is 7.20. The van der Waals surface area contributed by atoms with E-state index in [4.69, 9.17) is 0 Å². The molecule has 3 aliphatic rings. The summed E-state index contributed by atoms with van der Waals surface area (Å²) in [5, 5.41) is 2.86. The predicted molar refractivity (Wildman–Crippen MR) is 93.0 cm³/mol. The average molecular weight is 341 g/mol. The molecule has 1 aromatic carbocycles. The van der Waals surface area contributed by atoms with E-state index in [1.54, 1.807) is 0 Å². The zero-order valence-electron chi connectivity index (χ0n) is 14.3. The highest BCUT2D eigenvalue weighted by atomic mass is 16.2. The van der Waals surface area contributed by atoms with Crippen molar-refractivity contribution in [1.29, 1.82) is 0 Å². The number of rotatable bonds is 3. The van der Waals surface area contributed by atoms with Crippen LogP contribution in [0.5, 0.6) is 0 Å². The Bertz CT molecular complexity index is 719. The van der Waals surface area contributed by atoms with Crippen molar-refractivity contribution >= 4 is 23.4 Å². The van der Waals surface area contributed by atoms with Crippen LogP contribution in [0.4, 0.5) is 5.69 Å². The number of amides is 3. The van der Waals surface area contributed by atoms with Gasteiger partial charge in [-0.3, -0.25) is 14.4 Å². The van der Waals surface area contributed by atoms with Crippen molar-refractivity contribution in [3.05, 3.63) is 29.3 Å². The summed E-state index contributed by atoms with van der Waals surface area (Å²) in [6, 6.07) is 5.83. The number of fused-ring (bicyclic) bond motifs is 1. The zero-order valence-corrected chi connectivity index (χ0v) is 14.3. The molecular weight excluding hydrogens is 318 g/mol. The molecule has 0 radical (unpaired) electrons. The van der Waals surface area contributed by atoms with Crippen LogP contribution in [0.1, 0.15) is 30.4 Å². The number of nitrogens with zero attached hydrogens (tertiary/aromatic N) is 2. The van der Waals surface area contributed by atoms with E-state index in [0.717, 1.165) is 36.1 Å². The largest absolute Gasteiger partial charge is 0.339 e. The van der Waals surface area contributed by atoms with Crippen LogP contribution >= 0.6 is 0 Å². The quantitative estimate of drug-likeness (QED) is 0.898. The van der Waals surface area contributed by atoms with Gasteiger partial charge in [0.15, 0.2) is 0 Å². The van der Waals surface area contributed by atoms with Gasteiger partial charge in [0, 0.05) is 44.2 Å². The van der Waals surface area contributed by atoms with Crippen molar-refractivity contribution in [1.82, 2.24) is 9.80 Å². The van der Waals surface area contributed by atoms with Gasteiger partial charge in [0.05, 0.1) is 6.42 Å². The van der Waals surface area contributed by atoms with Gasteiger partial charge < -0.3 is 15.1 Å². The summed E-state index contributed by atoms with van der Waals surface area (Å²) in [5.74, 6) is 0.676. The number of hydrogen-bond donors (Lipinski definition) is 1. The number of carbonyl (C=O) groups excluding carboxylic acids is 3. The summed E-state index contributed by atoms with van der Waals surface area (Å²) in [4.78, 5) is 39.8. The minimum Gasteiger partial charge on any atom is -0.339 e. The van der Waals surface area contributed by atoms with Crippen molar-refractivity contribution in [2.24, 2.45) is 5.92 Å². The first-order chi connectivity index (χ1) is 12.1. The Balaban J connectivity index is 1.33. The first-order valence-electron chi connectivity index (χ1n) is 9.08. The topological polar surface area (TPSA) is 69.7 Å². The van der Waals surface area contributed by atoms with Crippen LogP contribution in [-0.2, 0) is 27.2 Å². The molecule has 4 rings (SSSR count). The van der Waals surface area contributed by atoms with Crippen LogP contribution in [0, 0.1) is 5.92 Å². The Hall–Kier alpha value is -2.37. The summed E-state index contributed by atoms with van der Waals surface area (Å²) < 4.78 is 0. The maximum absolute atomic E-state index is 12.6. The van der Waals surface area contributed by atoms with Gasteiger partial charge in [-0.2, -0.15) is 0 Å². The monoisotopic (exact) mass is 341 g/mol. The summed E-state index contributed by atoms with van der Waals surface area (Å²) in [7, 11) is 0. The molecule has 3 amide bonds.